The molecule has 3 N–H and O–H groups in total. The first kappa shape index (κ1) is 14.8. The second-order valence-electron chi connectivity index (χ2n) is 4.51. The standard InChI is InChI=1S/C15H14F2N2O2/c1-8-3-4-13(14(5-8)21-2)19-15(20)9-6-12(18)11(17)7-10(9)16/h3-7H,18H2,1-2H3,(H,19,20). The molecule has 0 saturated heterocycles. The molecule has 2 aromatic carbocycles. The van der Waals surface area contributed by atoms with Crippen molar-refractivity contribution in [2.75, 3.05) is 18.2 Å². The number of nitrogens with one attached hydrogen (secondary N) is 1. The van der Waals surface area contributed by atoms with E-state index in [1.165, 1.54) is 7.11 Å². The number of halogens is 2. The first-order valence-electron chi connectivity index (χ1n) is 6.13. The van der Waals surface area contributed by atoms with Gasteiger partial charge in [-0.1, -0.05) is 6.07 Å². The van der Waals surface area contributed by atoms with E-state index in [1.54, 1.807) is 18.2 Å². The molecule has 6 heteroatoms. The Balaban J connectivity index is 2.32. The fourth-order valence-electron chi connectivity index (χ4n) is 1.83. The van der Waals surface area contributed by atoms with Crippen LogP contribution < -0.4 is 15.8 Å². The first-order chi connectivity index (χ1) is 9.92. The van der Waals surface area contributed by atoms with E-state index in [2.05, 4.69) is 5.32 Å². The number of rotatable bonds is 3. The highest BCUT2D eigenvalue weighted by Gasteiger charge is 2.16. The molecule has 0 radical (unpaired) electrons. The van der Waals surface area contributed by atoms with Crippen molar-refractivity contribution < 1.29 is 18.3 Å². The zero-order chi connectivity index (χ0) is 15.6. The van der Waals surface area contributed by atoms with Gasteiger partial charge >= 0.3 is 0 Å². The largest absolute Gasteiger partial charge is 0.495 e. The molecule has 0 atom stereocenters. The molecule has 4 nitrogen and oxygen atoms in total. The number of benzene rings is 2. The summed E-state index contributed by atoms with van der Waals surface area (Å²) in [4.78, 5) is 12.1. The smallest absolute Gasteiger partial charge is 0.258 e. The minimum Gasteiger partial charge on any atom is -0.495 e. The van der Waals surface area contributed by atoms with Crippen LogP contribution in [0.1, 0.15) is 15.9 Å². The van der Waals surface area contributed by atoms with Crippen molar-refractivity contribution in [1.82, 2.24) is 0 Å². The molecule has 0 aliphatic carbocycles. The third-order valence-electron chi connectivity index (χ3n) is 2.94. The Kier molecular flexibility index (Phi) is 4.07. The summed E-state index contributed by atoms with van der Waals surface area (Å²) in [5.41, 5.74) is 6.05. The zero-order valence-corrected chi connectivity index (χ0v) is 11.5. The van der Waals surface area contributed by atoms with E-state index in [0.29, 0.717) is 17.5 Å². The Labute approximate surface area is 120 Å². The first-order valence-corrected chi connectivity index (χ1v) is 6.13. The molecule has 0 heterocycles. The van der Waals surface area contributed by atoms with Crippen LogP contribution in [0, 0.1) is 18.6 Å². The minimum absolute atomic E-state index is 0.294. The SMILES string of the molecule is COc1cc(C)ccc1NC(=O)c1cc(N)c(F)cc1F. The quantitative estimate of drug-likeness (QED) is 0.854. The van der Waals surface area contributed by atoms with Crippen molar-refractivity contribution in [3.63, 3.8) is 0 Å². The van der Waals surface area contributed by atoms with Crippen molar-refractivity contribution in [2.24, 2.45) is 0 Å². The number of hydrogen-bond donors (Lipinski definition) is 2. The molecule has 0 bridgehead atoms. The molecule has 0 aromatic heterocycles. The third-order valence-corrected chi connectivity index (χ3v) is 2.94. The van der Waals surface area contributed by atoms with Crippen LogP contribution in [-0.2, 0) is 0 Å². The average molecular weight is 292 g/mol. The highest BCUT2D eigenvalue weighted by molar-refractivity contribution is 6.05. The van der Waals surface area contributed by atoms with E-state index in [0.717, 1.165) is 11.6 Å². The molecule has 0 fully saturated rings. The maximum absolute atomic E-state index is 13.6. The second-order valence-corrected chi connectivity index (χ2v) is 4.51. The van der Waals surface area contributed by atoms with Gasteiger partial charge in [-0.25, -0.2) is 8.78 Å². The lowest BCUT2D eigenvalue weighted by atomic mass is 10.1. The van der Waals surface area contributed by atoms with Gasteiger partial charge in [-0.2, -0.15) is 0 Å². The molecule has 0 aliphatic heterocycles. The van der Waals surface area contributed by atoms with Gasteiger partial charge in [0.2, 0.25) is 0 Å². The van der Waals surface area contributed by atoms with E-state index >= 15 is 0 Å². The van der Waals surface area contributed by atoms with Gasteiger partial charge in [0.15, 0.2) is 0 Å². The van der Waals surface area contributed by atoms with Gasteiger partial charge in [0.25, 0.3) is 5.91 Å². The van der Waals surface area contributed by atoms with Gasteiger partial charge in [0.1, 0.15) is 17.4 Å². The molecule has 0 unspecified atom stereocenters. The third kappa shape index (κ3) is 3.10. The molecule has 0 aliphatic rings. The molecular weight excluding hydrogens is 278 g/mol. The van der Waals surface area contributed by atoms with Crippen LogP contribution in [0.4, 0.5) is 20.2 Å². The van der Waals surface area contributed by atoms with Gasteiger partial charge in [0.05, 0.1) is 24.0 Å². The van der Waals surface area contributed by atoms with Crippen LogP contribution in [0.5, 0.6) is 5.75 Å². The molecule has 1 amide bonds. The number of nitrogen functional groups attached to an aromatic ring is 1. The van der Waals surface area contributed by atoms with Crippen LogP contribution >= 0.6 is 0 Å². The number of anilines is 2. The Morgan fingerprint density at radius 3 is 2.57 bits per heavy atom. The predicted octanol–water partition coefficient (Wildman–Crippen LogP) is 3.12. The maximum Gasteiger partial charge on any atom is 0.258 e. The Bertz CT molecular complexity index is 702. The monoisotopic (exact) mass is 292 g/mol. The number of nitrogens with two attached hydrogens (primary N) is 1. The zero-order valence-electron chi connectivity index (χ0n) is 11.5. The number of ether oxygens (including phenoxy) is 1. The van der Waals surface area contributed by atoms with Crippen LogP contribution in [0.3, 0.4) is 0 Å². The second kappa shape index (κ2) is 5.78. The average Bonchev–Trinajstić information content (AvgIpc) is 2.44. The summed E-state index contributed by atoms with van der Waals surface area (Å²) < 4.78 is 31.9. The normalized spacial score (nSPS) is 10.3. The predicted molar refractivity (Wildman–Crippen MR) is 76.5 cm³/mol. The van der Waals surface area contributed by atoms with Crippen molar-refractivity contribution in [3.8, 4) is 5.75 Å². The Morgan fingerprint density at radius 1 is 1.19 bits per heavy atom. The lowest BCUT2D eigenvalue weighted by molar-refractivity contribution is 0.102. The fraction of sp³-hybridized carbons (Fsp3) is 0.133. The molecule has 2 rings (SSSR count). The van der Waals surface area contributed by atoms with E-state index in [4.69, 9.17) is 10.5 Å². The molecule has 21 heavy (non-hydrogen) atoms. The summed E-state index contributed by atoms with van der Waals surface area (Å²) in [7, 11) is 1.46. The van der Waals surface area contributed by atoms with Crippen LogP contribution in [-0.4, -0.2) is 13.0 Å². The number of methoxy groups -OCH3 is 1. The summed E-state index contributed by atoms with van der Waals surface area (Å²) in [5, 5.41) is 2.51. The highest BCUT2D eigenvalue weighted by Crippen LogP contribution is 2.26. The molecule has 0 saturated carbocycles. The van der Waals surface area contributed by atoms with Crippen LogP contribution in [0.2, 0.25) is 0 Å². The van der Waals surface area contributed by atoms with Crippen molar-refractivity contribution >= 4 is 17.3 Å². The van der Waals surface area contributed by atoms with E-state index in [9.17, 15) is 13.6 Å². The lowest BCUT2D eigenvalue weighted by Gasteiger charge is -2.11. The van der Waals surface area contributed by atoms with E-state index < -0.39 is 17.5 Å². The topological polar surface area (TPSA) is 64.3 Å². The highest BCUT2D eigenvalue weighted by atomic mass is 19.1. The van der Waals surface area contributed by atoms with Crippen molar-refractivity contribution in [2.45, 2.75) is 6.92 Å². The van der Waals surface area contributed by atoms with Crippen molar-refractivity contribution in [1.29, 1.82) is 0 Å². The number of carbonyl (C=O) groups is 1. The molecule has 0 spiro atoms. The number of aryl methyl sites for hydroxylation is 1. The molecule has 110 valence electrons. The summed E-state index contributed by atoms with van der Waals surface area (Å²) in [6.07, 6.45) is 0. The summed E-state index contributed by atoms with van der Waals surface area (Å²) in [5.74, 6) is -2.18. The van der Waals surface area contributed by atoms with E-state index in [-0.39, 0.29) is 11.3 Å². The fourth-order valence-corrected chi connectivity index (χ4v) is 1.83. The molecule has 2 aromatic rings. The van der Waals surface area contributed by atoms with Crippen molar-refractivity contribution in [3.05, 3.63) is 53.1 Å². The van der Waals surface area contributed by atoms with Gasteiger partial charge < -0.3 is 15.8 Å². The van der Waals surface area contributed by atoms with Gasteiger partial charge in [-0.3, -0.25) is 4.79 Å². The number of hydrogen-bond acceptors (Lipinski definition) is 3. The molecular formula is C15H14F2N2O2. The lowest BCUT2D eigenvalue weighted by Crippen LogP contribution is -2.15. The van der Waals surface area contributed by atoms with Gasteiger partial charge in [-0.15, -0.1) is 0 Å². The Hall–Kier alpha value is -2.63. The minimum atomic E-state index is -0.981. The van der Waals surface area contributed by atoms with Gasteiger partial charge in [0, 0.05) is 6.07 Å². The van der Waals surface area contributed by atoms with Crippen LogP contribution in [0.15, 0.2) is 30.3 Å². The number of amides is 1. The maximum atomic E-state index is 13.6. The Morgan fingerprint density at radius 2 is 1.90 bits per heavy atom. The number of carbonyl (C=O) groups excluding carboxylic acids is 1. The summed E-state index contributed by atoms with van der Waals surface area (Å²) >= 11 is 0. The van der Waals surface area contributed by atoms with Crippen LogP contribution in [0.25, 0.3) is 0 Å². The summed E-state index contributed by atoms with van der Waals surface area (Å²) in [6, 6.07) is 6.67. The van der Waals surface area contributed by atoms with E-state index in [1.807, 2.05) is 6.92 Å². The summed E-state index contributed by atoms with van der Waals surface area (Å²) in [6.45, 7) is 1.87. The van der Waals surface area contributed by atoms with Gasteiger partial charge in [-0.05, 0) is 30.7 Å².